The maximum Gasteiger partial charge on any atom is 0.259 e. The summed E-state index contributed by atoms with van der Waals surface area (Å²) < 4.78 is 10.2. The average Bonchev–Trinajstić information content (AvgIpc) is 2.68. The van der Waals surface area contributed by atoms with Crippen LogP contribution in [0.15, 0.2) is 41.5 Å². The number of hydrogen-bond donors (Lipinski definition) is 3. The zero-order chi connectivity index (χ0) is 20.5. The maximum absolute atomic E-state index is 11.7. The highest BCUT2D eigenvalue weighted by Crippen LogP contribution is 2.34. The normalized spacial score (nSPS) is 10.5. The van der Waals surface area contributed by atoms with Crippen molar-refractivity contribution < 1.29 is 24.2 Å². The molecule has 0 aliphatic rings. The van der Waals surface area contributed by atoms with Crippen molar-refractivity contribution in [1.82, 2.24) is 10.7 Å². The molecule has 0 heterocycles. The number of benzene rings is 2. The third-order valence-corrected chi connectivity index (χ3v) is 3.84. The first-order valence-electron chi connectivity index (χ1n) is 7.92. The SMILES string of the molecule is COc1cc(/C=N\NC(=O)CNC(=O)COc2ccc(Cl)cc2)cc(Cl)c1O. The number of methoxy groups -OCH3 is 1. The molecule has 2 amide bonds. The molecule has 28 heavy (non-hydrogen) atoms. The lowest BCUT2D eigenvalue weighted by Crippen LogP contribution is -2.37. The minimum absolute atomic E-state index is 0.0834. The van der Waals surface area contributed by atoms with Crippen LogP contribution in [0.3, 0.4) is 0 Å². The molecule has 10 heteroatoms. The molecule has 0 spiro atoms. The lowest BCUT2D eigenvalue weighted by Gasteiger charge is -2.07. The van der Waals surface area contributed by atoms with Gasteiger partial charge in [-0.1, -0.05) is 23.2 Å². The van der Waals surface area contributed by atoms with E-state index in [1.807, 2.05) is 0 Å². The maximum atomic E-state index is 11.7. The van der Waals surface area contributed by atoms with Gasteiger partial charge in [0.05, 0.1) is 24.9 Å². The van der Waals surface area contributed by atoms with Crippen molar-refractivity contribution in [2.75, 3.05) is 20.3 Å². The Balaban J connectivity index is 1.74. The summed E-state index contributed by atoms with van der Waals surface area (Å²) >= 11 is 11.6. The summed E-state index contributed by atoms with van der Waals surface area (Å²) in [6.45, 7) is -0.524. The van der Waals surface area contributed by atoms with E-state index in [0.29, 0.717) is 16.3 Å². The van der Waals surface area contributed by atoms with Gasteiger partial charge in [0.2, 0.25) is 0 Å². The van der Waals surface area contributed by atoms with Gasteiger partial charge in [-0.3, -0.25) is 9.59 Å². The minimum Gasteiger partial charge on any atom is -0.503 e. The highest BCUT2D eigenvalue weighted by atomic mass is 35.5. The van der Waals surface area contributed by atoms with Gasteiger partial charge in [0, 0.05) is 5.02 Å². The van der Waals surface area contributed by atoms with E-state index in [0.717, 1.165) is 0 Å². The molecule has 0 bridgehead atoms. The number of phenols is 1. The molecule has 0 radical (unpaired) electrons. The zero-order valence-electron chi connectivity index (χ0n) is 14.7. The Morgan fingerprint density at radius 3 is 2.57 bits per heavy atom. The van der Waals surface area contributed by atoms with Crippen LogP contribution >= 0.6 is 23.2 Å². The number of nitrogens with one attached hydrogen (secondary N) is 2. The van der Waals surface area contributed by atoms with Crippen LogP contribution in [0.5, 0.6) is 17.2 Å². The molecule has 0 unspecified atom stereocenters. The number of rotatable bonds is 8. The van der Waals surface area contributed by atoms with E-state index < -0.39 is 11.8 Å². The van der Waals surface area contributed by atoms with E-state index >= 15 is 0 Å². The van der Waals surface area contributed by atoms with Crippen LogP contribution in [0.25, 0.3) is 0 Å². The van der Waals surface area contributed by atoms with Crippen molar-refractivity contribution >= 4 is 41.2 Å². The second kappa shape index (κ2) is 10.4. The summed E-state index contributed by atoms with van der Waals surface area (Å²) in [5, 5.41) is 16.4. The van der Waals surface area contributed by atoms with Gasteiger partial charge in [-0.15, -0.1) is 0 Å². The van der Waals surface area contributed by atoms with Crippen LogP contribution in [-0.4, -0.2) is 43.4 Å². The van der Waals surface area contributed by atoms with Crippen molar-refractivity contribution in [2.45, 2.75) is 0 Å². The quantitative estimate of drug-likeness (QED) is 0.444. The number of ether oxygens (including phenoxy) is 2. The number of carbonyl (C=O) groups excluding carboxylic acids is 2. The van der Waals surface area contributed by atoms with E-state index in [-0.39, 0.29) is 29.7 Å². The Hall–Kier alpha value is -2.97. The molecule has 0 fully saturated rings. The summed E-state index contributed by atoms with van der Waals surface area (Å²) in [6.07, 6.45) is 1.32. The van der Waals surface area contributed by atoms with Gasteiger partial charge in [-0.05, 0) is 42.0 Å². The number of amides is 2. The number of phenolic OH excluding ortho intramolecular Hbond substituents is 1. The summed E-state index contributed by atoms with van der Waals surface area (Å²) in [6, 6.07) is 9.47. The molecule has 2 aromatic rings. The van der Waals surface area contributed by atoms with Crippen molar-refractivity contribution in [3.8, 4) is 17.2 Å². The molecule has 148 valence electrons. The highest BCUT2D eigenvalue weighted by Gasteiger charge is 2.08. The fourth-order valence-corrected chi connectivity index (χ4v) is 2.30. The molecular weight excluding hydrogens is 409 g/mol. The molecular formula is C18H17Cl2N3O5. The lowest BCUT2D eigenvalue weighted by molar-refractivity contribution is -0.127. The van der Waals surface area contributed by atoms with Gasteiger partial charge >= 0.3 is 0 Å². The van der Waals surface area contributed by atoms with E-state index in [1.165, 1.54) is 25.5 Å². The first kappa shape index (κ1) is 21.3. The van der Waals surface area contributed by atoms with Gasteiger partial charge in [-0.25, -0.2) is 5.43 Å². The summed E-state index contributed by atoms with van der Waals surface area (Å²) in [5.74, 6) is -0.532. The molecule has 0 aromatic heterocycles. The van der Waals surface area contributed by atoms with Crippen LogP contribution in [-0.2, 0) is 9.59 Å². The molecule has 3 N–H and O–H groups in total. The van der Waals surface area contributed by atoms with Crippen LogP contribution in [0.4, 0.5) is 0 Å². The molecule has 8 nitrogen and oxygen atoms in total. The van der Waals surface area contributed by atoms with Crippen LogP contribution in [0, 0.1) is 0 Å². The summed E-state index contributed by atoms with van der Waals surface area (Å²) in [5.41, 5.74) is 2.75. The van der Waals surface area contributed by atoms with Gasteiger partial charge in [0.1, 0.15) is 5.75 Å². The number of hydrogen-bond acceptors (Lipinski definition) is 6. The third kappa shape index (κ3) is 6.64. The Morgan fingerprint density at radius 2 is 1.89 bits per heavy atom. The molecule has 0 saturated carbocycles. The second-order valence-corrected chi connectivity index (χ2v) is 6.21. The van der Waals surface area contributed by atoms with Crippen LogP contribution < -0.4 is 20.2 Å². The molecule has 0 saturated heterocycles. The van der Waals surface area contributed by atoms with E-state index in [1.54, 1.807) is 24.3 Å². The number of carbonyl (C=O) groups is 2. The van der Waals surface area contributed by atoms with Crippen molar-refractivity contribution in [3.63, 3.8) is 0 Å². The van der Waals surface area contributed by atoms with E-state index in [4.69, 9.17) is 32.7 Å². The Labute approximate surface area is 171 Å². The van der Waals surface area contributed by atoms with Gasteiger partial charge < -0.3 is 19.9 Å². The van der Waals surface area contributed by atoms with Crippen molar-refractivity contribution in [3.05, 3.63) is 52.0 Å². The third-order valence-electron chi connectivity index (χ3n) is 3.30. The topological polar surface area (TPSA) is 109 Å². The first-order chi connectivity index (χ1) is 13.4. The van der Waals surface area contributed by atoms with Crippen molar-refractivity contribution in [1.29, 1.82) is 0 Å². The fourth-order valence-electron chi connectivity index (χ4n) is 1.95. The predicted molar refractivity (Wildman–Crippen MR) is 105 cm³/mol. The first-order valence-corrected chi connectivity index (χ1v) is 8.68. The Morgan fingerprint density at radius 1 is 1.18 bits per heavy atom. The van der Waals surface area contributed by atoms with E-state index in [9.17, 15) is 14.7 Å². The highest BCUT2D eigenvalue weighted by molar-refractivity contribution is 6.32. The Kier molecular flexibility index (Phi) is 7.91. The second-order valence-electron chi connectivity index (χ2n) is 5.37. The van der Waals surface area contributed by atoms with Crippen LogP contribution in [0.1, 0.15) is 5.56 Å². The van der Waals surface area contributed by atoms with Gasteiger partial charge in [-0.2, -0.15) is 5.10 Å². The molecule has 0 aliphatic heterocycles. The van der Waals surface area contributed by atoms with E-state index in [2.05, 4.69) is 15.8 Å². The van der Waals surface area contributed by atoms with Gasteiger partial charge in [0.15, 0.2) is 18.1 Å². The average molecular weight is 426 g/mol. The minimum atomic E-state index is -0.534. The smallest absolute Gasteiger partial charge is 0.259 e. The summed E-state index contributed by atoms with van der Waals surface area (Å²) in [4.78, 5) is 23.4. The van der Waals surface area contributed by atoms with Crippen LogP contribution in [0.2, 0.25) is 10.0 Å². The van der Waals surface area contributed by atoms with Crippen molar-refractivity contribution in [2.24, 2.45) is 5.10 Å². The Bertz CT molecular complexity index is 872. The largest absolute Gasteiger partial charge is 0.503 e. The monoisotopic (exact) mass is 425 g/mol. The summed E-state index contributed by atoms with van der Waals surface area (Å²) in [7, 11) is 1.38. The fraction of sp³-hybridized carbons (Fsp3) is 0.167. The standard InChI is InChI=1S/C18H17Cl2N3O5/c1-27-15-7-11(6-14(20)18(15)26)8-22-23-16(24)9-21-17(25)10-28-13-4-2-12(19)3-5-13/h2-8,26H,9-10H2,1H3,(H,21,25)(H,23,24)/b22-8-. The number of hydrazone groups is 1. The molecule has 0 aliphatic carbocycles. The number of aromatic hydroxyl groups is 1. The predicted octanol–water partition coefficient (Wildman–Crippen LogP) is 2.35. The molecule has 2 aromatic carbocycles. The molecule has 0 atom stereocenters. The lowest BCUT2D eigenvalue weighted by atomic mass is 10.2. The number of nitrogens with zero attached hydrogens (tertiary/aromatic N) is 1. The number of halogens is 2. The molecule has 2 rings (SSSR count). The zero-order valence-corrected chi connectivity index (χ0v) is 16.3. The van der Waals surface area contributed by atoms with Gasteiger partial charge in [0.25, 0.3) is 11.8 Å².